The summed E-state index contributed by atoms with van der Waals surface area (Å²) in [6.45, 7) is 4.56. The third-order valence-electron chi connectivity index (χ3n) is 4.29. The lowest BCUT2D eigenvalue weighted by Gasteiger charge is -2.23. The highest BCUT2D eigenvalue weighted by atomic mass is 35.5. The molecule has 3 rings (SSSR count). The summed E-state index contributed by atoms with van der Waals surface area (Å²) in [7, 11) is 0. The lowest BCUT2D eigenvalue weighted by atomic mass is 10.1. The van der Waals surface area contributed by atoms with E-state index in [2.05, 4.69) is 10.6 Å². The molecule has 5 nitrogen and oxygen atoms in total. The zero-order chi connectivity index (χ0) is 17.5. The van der Waals surface area contributed by atoms with Gasteiger partial charge in [0.25, 0.3) is 0 Å². The van der Waals surface area contributed by atoms with Crippen LogP contribution >= 0.6 is 12.4 Å². The third-order valence-corrected chi connectivity index (χ3v) is 4.29. The minimum Gasteiger partial charge on any atom is -0.489 e. The Labute approximate surface area is 160 Å². The minimum absolute atomic E-state index is 0. The van der Waals surface area contributed by atoms with E-state index in [-0.39, 0.29) is 24.4 Å². The molecule has 1 unspecified atom stereocenters. The Bertz CT molecular complexity index is 703. The Hall–Kier alpha value is -2.08. The smallest absolute Gasteiger partial charge is 0.226 e. The summed E-state index contributed by atoms with van der Waals surface area (Å²) in [5, 5.41) is 6.30. The maximum Gasteiger partial charge on any atom is 0.226 e. The molecule has 2 aromatic rings. The van der Waals surface area contributed by atoms with Crippen molar-refractivity contribution in [1.82, 2.24) is 5.32 Å². The van der Waals surface area contributed by atoms with Crippen LogP contribution in [-0.2, 0) is 16.1 Å². The van der Waals surface area contributed by atoms with E-state index in [1.165, 1.54) is 0 Å². The zero-order valence-corrected chi connectivity index (χ0v) is 15.7. The molecule has 2 aromatic carbocycles. The molecule has 0 aliphatic carbocycles. The number of carbonyl (C=O) groups excluding carboxylic acids is 1. The summed E-state index contributed by atoms with van der Waals surface area (Å²) in [6.07, 6.45) is 0.407. The Balaban J connectivity index is 0.00000243. The first-order valence-corrected chi connectivity index (χ1v) is 8.59. The van der Waals surface area contributed by atoms with Gasteiger partial charge in [-0.1, -0.05) is 30.3 Å². The second-order valence-corrected chi connectivity index (χ2v) is 6.17. The van der Waals surface area contributed by atoms with Gasteiger partial charge in [-0.2, -0.15) is 0 Å². The number of morpholine rings is 1. The van der Waals surface area contributed by atoms with E-state index in [0.717, 1.165) is 29.1 Å². The number of anilines is 1. The van der Waals surface area contributed by atoms with E-state index in [0.29, 0.717) is 26.2 Å². The predicted molar refractivity (Wildman–Crippen MR) is 105 cm³/mol. The Morgan fingerprint density at radius 2 is 2.04 bits per heavy atom. The van der Waals surface area contributed by atoms with Crippen molar-refractivity contribution in [2.75, 3.05) is 25.1 Å². The van der Waals surface area contributed by atoms with Gasteiger partial charge in [-0.05, 0) is 36.2 Å². The predicted octanol–water partition coefficient (Wildman–Crippen LogP) is 3.31. The Morgan fingerprint density at radius 1 is 1.23 bits per heavy atom. The number of hydrogen-bond donors (Lipinski definition) is 2. The van der Waals surface area contributed by atoms with Gasteiger partial charge in [-0.15, -0.1) is 12.4 Å². The molecular weight excluding hydrogens is 352 g/mol. The molecule has 2 N–H and O–H groups in total. The summed E-state index contributed by atoms with van der Waals surface area (Å²) >= 11 is 0. The second kappa shape index (κ2) is 10.2. The molecule has 0 saturated carbocycles. The fourth-order valence-electron chi connectivity index (χ4n) is 2.83. The molecule has 1 fully saturated rings. The van der Waals surface area contributed by atoms with Gasteiger partial charge in [-0.3, -0.25) is 4.79 Å². The van der Waals surface area contributed by atoms with Crippen molar-refractivity contribution in [1.29, 1.82) is 0 Å². The van der Waals surface area contributed by atoms with E-state index in [4.69, 9.17) is 9.47 Å². The number of rotatable bonds is 6. The molecule has 0 bridgehead atoms. The molecule has 6 heteroatoms. The number of halogens is 1. The van der Waals surface area contributed by atoms with Crippen molar-refractivity contribution in [3.05, 3.63) is 59.7 Å². The van der Waals surface area contributed by atoms with E-state index in [1.54, 1.807) is 0 Å². The largest absolute Gasteiger partial charge is 0.489 e. The van der Waals surface area contributed by atoms with Crippen LogP contribution in [0.5, 0.6) is 5.75 Å². The fourth-order valence-corrected chi connectivity index (χ4v) is 2.83. The van der Waals surface area contributed by atoms with Crippen LogP contribution in [-0.4, -0.2) is 31.7 Å². The van der Waals surface area contributed by atoms with E-state index in [9.17, 15) is 4.79 Å². The summed E-state index contributed by atoms with van der Waals surface area (Å²) < 4.78 is 11.2. The number of hydrogen-bond acceptors (Lipinski definition) is 4. The van der Waals surface area contributed by atoms with Gasteiger partial charge in [0.2, 0.25) is 5.91 Å². The summed E-state index contributed by atoms with van der Waals surface area (Å²) in [6, 6.07) is 15.7. The van der Waals surface area contributed by atoms with Gasteiger partial charge in [0, 0.05) is 24.7 Å². The van der Waals surface area contributed by atoms with E-state index < -0.39 is 0 Å². The topological polar surface area (TPSA) is 59.6 Å². The van der Waals surface area contributed by atoms with Gasteiger partial charge < -0.3 is 20.1 Å². The molecule has 0 spiro atoms. The van der Waals surface area contributed by atoms with Crippen LogP contribution in [0.25, 0.3) is 0 Å². The lowest BCUT2D eigenvalue weighted by Crippen LogP contribution is -2.43. The number of ether oxygens (including phenoxy) is 2. The zero-order valence-electron chi connectivity index (χ0n) is 14.9. The molecule has 1 saturated heterocycles. The van der Waals surface area contributed by atoms with Crippen molar-refractivity contribution in [2.45, 2.75) is 26.0 Å². The number of carbonyl (C=O) groups is 1. The summed E-state index contributed by atoms with van der Waals surface area (Å²) in [5.74, 6) is 0.826. The van der Waals surface area contributed by atoms with Gasteiger partial charge >= 0.3 is 0 Å². The molecule has 1 aliphatic rings. The van der Waals surface area contributed by atoms with Crippen molar-refractivity contribution in [2.24, 2.45) is 0 Å². The van der Waals surface area contributed by atoms with Crippen molar-refractivity contribution >= 4 is 24.0 Å². The third kappa shape index (κ3) is 5.73. The quantitative estimate of drug-likeness (QED) is 0.812. The van der Waals surface area contributed by atoms with Gasteiger partial charge in [-0.25, -0.2) is 0 Å². The summed E-state index contributed by atoms with van der Waals surface area (Å²) in [5.41, 5.74) is 2.91. The van der Waals surface area contributed by atoms with E-state index >= 15 is 0 Å². The normalized spacial score (nSPS) is 16.4. The van der Waals surface area contributed by atoms with Crippen LogP contribution in [0.3, 0.4) is 0 Å². The first-order chi connectivity index (χ1) is 12.2. The van der Waals surface area contributed by atoms with Crippen molar-refractivity contribution in [3.63, 3.8) is 0 Å². The lowest BCUT2D eigenvalue weighted by molar-refractivity contribution is -0.117. The maximum absolute atomic E-state index is 12.3. The molecule has 1 heterocycles. The van der Waals surface area contributed by atoms with Crippen LogP contribution in [0.15, 0.2) is 48.5 Å². The Kier molecular flexibility index (Phi) is 7.91. The highest BCUT2D eigenvalue weighted by molar-refractivity contribution is 5.92. The van der Waals surface area contributed by atoms with Crippen LogP contribution in [0.4, 0.5) is 5.69 Å². The molecule has 1 amide bonds. The van der Waals surface area contributed by atoms with Crippen LogP contribution in [0, 0.1) is 6.92 Å². The molecule has 0 radical (unpaired) electrons. The maximum atomic E-state index is 12.3. The molecule has 1 aliphatic heterocycles. The molecule has 0 aromatic heterocycles. The minimum atomic E-state index is -0.00720. The summed E-state index contributed by atoms with van der Waals surface area (Å²) in [4.78, 5) is 12.3. The van der Waals surface area contributed by atoms with Gasteiger partial charge in [0.1, 0.15) is 12.4 Å². The van der Waals surface area contributed by atoms with Crippen molar-refractivity contribution < 1.29 is 14.3 Å². The first-order valence-electron chi connectivity index (χ1n) is 8.59. The molecule has 140 valence electrons. The van der Waals surface area contributed by atoms with Crippen LogP contribution < -0.4 is 15.4 Å². The molecule has 26 heavy (non-hydrogen) atoms. The average Bonchev–Trinajstić information content (AvgIpc) is 2.64. The van der Waals surface area contributed by atoms with Crippen molar-refractivity contribution in [3.8, 4) is 5.75 Å². The number of amides is 1. The highest BCUT2D eigenvalue weighted by Gasteiger charge is 2.17. The first kappa shape index (κ1) is 20.2. The molecule has 1 atom stereocenters. The van der Waals surface area contributed by atoms with Crippen LogP contribution in [0.1, 0.15) is 17.5 Å². The fraction of sp³-hybridized carbons (Fsp3) is 0.350. The Morgan fingerprint density at radius 3 is 2.77 bits per heavy atom. The second-order valence-electron chi connectivity index (χ2n) is 6.17. The number of benzene rings is 2. The highest BCUT2D eigenvalue weighted by Crippen LogP contribution is 2.21. The van der Waals surface area contributed by atoms with E-state index in [1.807, 2.05) is 55.5 Å². The number of para-hydroxylation sites is 1. The SMILES string of the molecule is Cc1c(COc2ccccc2)cccc1NC(=O)CC1COCCN1.Cl. The van der Waals surface area contributed by atoms with Crippen LogP contribution in [0.2, 0.25) is 0 Å². The van der Waals surface area contributed by atoms with Gasteiger partial charge in [0.05, 0.1) is 13.2 Å². The van der Waals surface area contributed by atoms with Gasteiger partial charge in [0.15, 0.2) is 0 Å². The standard InChI is InChI=1S/C20H24N2O3.ClH/c1-15-16(13-25-18-7-3-2-4-8-18)6-5-9-19(15)22-20(23)12-17-14-24-11-10-21-17;/h2-9,17,21H,10-14H2,1H3,(H,22,23);1H. The monoisotopic (exact) mass is 376 g/mol. The average molecular weight is 377 g/mol. The molecular formula is C20H25ClN2O3. The number of nitrogens with one attached hydrogen (secondary N) is 2.